The maximum absolute atomic E-state index is 5.51. The largest absolute Gasteiger partial charge is 0.330 e. The monoisotopic (exact) mass is 199 g/mol. The molecular formula is C9H17N3S. The van der Waals surface area contributed by atoms with E-state index in [1.54, 1.807) is 11.3 Å². The van der Waals surface area contributed by atoms with Gasteiger partial charge in [0.05, 0.1) is 11.2 Å². The third-order valence-electron chi connectivity index (χ3n) is 2.01. The van der Waals surface area contributed by atoms with E-state index in [9.17, 15) is 0 Å². The second-order valence-corrected chi connectivity index (χ2v) is 4.00. The molecule has 0 aliphatic rings. The molecule has 3 nitrogen and oxygen atoms in total. The molecule has 4 heteroatoms. The van der Waals surface area contributed by atoms with Crippen molar-refractivity contribution in [2.45, 2.75) is 19.9 Å². The van der Waals surface area contributed by atoms with Crippen LogP contribution < -0.4 is 11.1 Å². The van der Waals surface area contributed by atoms with Gasteiger partial charge in [-0.15, -0.1) is 11.3 Å². The predicted molar refractivity (Wildman–Crippen MR) is 56.7 cm³/mol. The topological polar surface area (TPSA) is 50.9 Å². The molecule has 1 aromatic rings. The van der Waals surface area contributed by atoms with Crippen molar-refractivity contribution < 1.29 is 0 Å². The average molecular weight is 199 g/mol. The van der Waals surface area contributed by atoms with E-state index < -0.39 is 0 Å². The van der Waals surface area contributed by atoms with Crippen molar-refractivity contribution >= 4 is 11.3 Å². The van der Waals surface area contributed by atoms with Crippen molar-refractivity contribution in [3.05, 3.63) is 16.6 Å². The van der Waals surface area contributed by atoms with Gasteiger partial charge in [0, 0.05) is 11.9 Å². The quantitative estimate of drug-likeness (QED) is 0.677. The molecule has 0 spiro atoms. The Hall–Kier alpha value is -0.450. The summed E-state index contributed by atoms with van der Waals surface area (Å²) in [5.74, 6) is 0.614. The smallest absolute Gasteiger partial charge is 0.0795 e. The van der Waals surface area contributed by atoms with Crippen LogP contribution in [-0.4, -0.2) is 18.1 Å². The van der Waals surface area contributed by atoms with Gasteiger partial charge in [-0.3, -0.25) is 0 Å². The SMILES string of the molecule is CC(CN)CCNCc1cscn1. The third-order valence-corrected chi connectivity index (χ3v) is 2.64. The summed E-state index contributed by atoms with van der Waals surface area (Å²) in [6.07, 6.45) is 1.14. The van der Waals surface area contributed by atoms with E-state index in [0.29, 0.717) is 5.92 Å². The second-order valence-electron chi connectivity index (χ2n) is 3.29. The zero-order chi connectivity index (χ0) is 9.52. The van der Waals surface area contributed by atoms with E-state index in [2.05, 4.69) is 22.6 Å². The maximum Gasteiger partial charge on any atom is 0.0795 e. The summed E-state index contributed by atoms with van der Waals surface area (Å²) in [7, 11) is 0. The number of aromatic nitrogens is 1. The van der Waals surface area contributed by atoms with Gasteiger partial charge in [0.1, 0.15) is 0 Å². The van der Waals surface area contributed by atoms with Crippen LogP contribution in [0.15, 0.2) is 10.9 Å². The lowest BCUT2D eigenvalue weighted by Gasteiger charge is -2.07. The van der Waals surface area contributed by atoms with Gasteiger partial charge in [0.2, 0.25) is 0 Å². The van der Waals surface area contributed by atoms with E-state index in [-0.39, 0.29) is 0 Å². The Labute approximate surface area is 83.4 Å². The van der Waals surface area contributed by atoms with Crippen LogP contribution in [0, 0.1) is 5.92 Å². The zero-order valence-electron chi connectivity index (χ0n) is 7.99. The molecule has 1 aromatic heterocycles. The number of nitrogens with one attached hydrogen (secondary N) is 1. The first kappa shape index (κ1) is 10.6. The molecule has 0 amide bonds. The average Bonchev–Trinajstić information content (AvgIpc) is 2.64. The Morgan fingerprint density at radius 1 is 1.69 bits per heavy atom. The molecule has 0 fully saturated rings. The molecular weight excluding hydrogens is 182 g/mol. The molecule has 0 radical (unpaired) electrons. The van der Waals surface area contributed by atoms with Crippen molar-refractivity contribution in [1.29, 1.82) is 0 Å². The van der Waals surface area contributed by atoms with Crippen LogP contribution in [0.5, 0.6) is 0 Å². The van der Waals surface area contributed by atoms with Crippen LogP contribution in [0.4, 0.5) is 0 Å². The maximum atomic E-state index is 5.51. The Balaban J connectivity index is 2.02. The van der Waals surface area contributed by atoms with Crippen molar-refractivity contribution in [2.24, 2.45) is 11.7 Å². The Kier molecular flexibility index (Phi) is 4.97. The molecule has 1 rings (SSSR count). The number of hydrogen-bond donors (Lipinski definition) is 2. The van der Waals surface area contributed by atoms with E-state index in [1.165, 1.54) is 0 Å². The van der Waals surface area contributed by atoms with Crippen molar-refractivity contribution in [1.82, 2.24) is 10.3 Å². The van der Waals surface area contributed by atoms with Gasteiger partial charge in [-0.1, -0.05) is 6.92 Å². The number of thiazole rings is 1. The minimum atomic E-state index is 0.614. The Morgan fingerprint density at radius 3 is 3.15 bits per heavy atom. The van der Waals surface area contributed by atoms with Crippen LogP contribution >= 0.6 is 11.3 Å². The van der Waals surface area contributed by atoms with Gasteiger partial charge in [-0.2, -0.15) is 0 Å². The van der Waals surface area contributed by atoms with Crippen LogP contribution in [-0.2, 0) is 6.54 Å². The summed E-state index contributed by atoms with van der Waals surface area (Å²) in [6.45, 7) is 4.85. The number of rotatable bonds is 6. The summed E-state index contributed by atoms with van der Waals surface area (Å²) < 4.78 is 0. The minimum absolute atomic E-state index is 0.614. The summed E-state index contributed by atoms with van der Waals surface area (Å²) in [5.41, 5.74) is 8.50. The predicted octanol–water partition coefficient (Wildman–Crippen LogP) is 1.22. The molecule has 1 heterocycles. The number of nitrogens with two attached hydrogens (primary N) is 1. The van der Waals surface area contributed by atoms with Crippen LogP contribution in [0.2, 0.25) is 0 Å². The summed E-state index contributed by atoms with van der Waals surface area (Å²) in [5, 5.41) is 5.41. The molecule has 0 aliphatic heterocycles. The van der Waals surface area contributed by atoms with Gasteiger partial charge in [0.15, 0.2) is 0 Å². The number of hydrogen-bond acceptors (Lipinski definition) is 4. The van der Waals surface area contributed by atoms with Crippen LogP contribution in [0.25, 0.3) is 0 Å². The Bertz CT molecular complexity index is 211. The molecule has 74 valence electrons. The highest BCUT2D eigenvalue weighted by molar-refractivity contribution is 7.07. The van der Waals surface area contributed by atoms with Gasteiger partial charge < -0.3 is 11.1 Å². The van der Waals surface area contributed by atoms with Crippen molar-refractivity contribution in [3.8, 4) is 0 Å². The van der Waals surface area contributed by atoms with Gasteiger partial charge in [0.25, 0.3) is 0 Å². The zero-order valence-corrected chi connectivity index (χ0v) is 8.81. The summed E-state index contributed by atoms with van der Waals surface area (Å²) >= 11 is 1.64. The van der Waals surface area contributed by atoms with E-state index in [4.69, 9.17) is 5.73 Å². The molecule has 0 aliphatic carbocycles. The first-order valence-electron chi connectivity index (χ1n) is 4.60. The lowest BCUT2D eigenvalue weighted by atomic mass is 10.1. The normalized spacial score (nSPS) is 13.1. The van der Waals surface area contributed by atoms with Gasteiger partial charge in [-0.05, 0) is 25.4 Å². The first-order valence-corrected chi connectivity index (χ1v) is 5.55. The van der Waals surface area contributed by atoms with Crippen molar-refractivity contribution in [2.75, 3.05) is 13.1 Å². The van der Waals surface area contributed by atoms with Gasteiger partial charge in [-0.25, -0.2) is 4.98 Å². The minimum Gasteiger partial charge on any atom is -0.330 e. The van der Waals surface area contributed by atoms with E-state index in [0.717, 1.165) is 31.7 Å². The number of nitrogens with zero attached hydrogens (tertiary/aromatic N) is 1. The molecule has 1 atom stereocenters. The standard InChI is InChI=1S/C9H17N3S/c1-8(4-10)2-3-11-5-9-6-13-7-12-9/h6-8,11H,2-5,10H2,1H3. The highest BCUT2D eigenvalue weighted by Gasteiger charge is 1.98. The molecule has 0 bridgehead atoms. The van der Waals surface area contributed by atoms with Crippen LogP contribution in [0.1, 0.15) is 19.0 Å². The lowest BCUT2D eigenvalue weighted by Crippen LogP contribution is -2.20. The lowest BCUT2D eigenvalue weighted by molar-refractivity contribution is 0.508. The molecule has 13 heavy (non-hydrogen) atoms. The fourth-order valence-corrected chi connectivity index (χ4v) is 1.57. The first-order chi connectivity index (χ1) is 6.33. The molecule has 0 saturated carbocycles. The highest BCUT2D eigenvalue weighted by Crippen LogP contribution is 2.01. The highest BCUT2D eigenvalue weighted by atomic mass is 32.1. The van der Waals surface area contributed by atoms with Gasteiger partial charge >= 0.3 is 0 Å². The molecule has 0 aromatic carbocycles. The second kappa shape index (κ2) is 6.07. The van der Waals surface area contributed by atoms with Crippen LogP contribution in [0.3, 0.4) is 0 Å². The Morgan fingerprint density at radius 2 is 2.54 bits per heavy atom. The summed E-state index contributed by atoms with van der Waals surface area (Å²) in [6, 6.07) is 0. The van der Waals surface area contributed by atoms with E-state index >= 15 is 0 Å². The van der Waals surface area contributed by atoms with E-state index in [1.807, 2.05) is 5.51 Å². The van der Waals surface area contributed by atoms with Crippen molar-refractivity contribution in [3.63, 3.8) is 0 Å². The fraction of sp³-hybridized carbons (Fsp3) is 0.667. The fourth-order valence-electron chi connectivity index (χ4n) is 1.01. The molecule has 1 unspecified atom stereocenters. The third kappa shape index (κ3) is 4.36. The molecule has 0 saturated heterocycles. The molecule has 3 N–H and O–H groups in total. The summed E-state index contributed by atoms with van der Waals surface area (Å²) in [4.78, 5) is 4.18.